The van der Waals surface area contributed by atoms with Crippen molar-refractivity contribution in [3.05, 3.63) is 29.8 Å². The van der Waals surface area contributed by atoms with E-state index in [1.54, 1.807) is 20.8 Å². The van der Waals surface area contributed by atoms with Crippen molar-refractivity contribution < 1.29 is 24.4 Å². The van der Waals surface area contributed by atoms with Crippen LogP contribution in [0.15, 0.2) is 24.3 Å². The zero-order valence-electron chi connectivity index (χ0n) is 16.6. The second-order valence-electron chi connectivity index (χ2n) is 7.61. The minimum absolute atomic E-state index is 0.196. The van der Waals surface area contributed by atoms with Gasteiger partial charge in [-0.25, -0.2) is 4.79 Å². The Bertz CT molecular complexity index is 761. The molecule has 146 valence electrons. The Hall–Kier alpha value is -2.41. The Morgan fingerprint density at radius 3 is 2.33 bits per heavy atom. The number of ether oxygens (including phenoxy) is 1. The molecule has 27 heavy (non-hydrogen) atoms. The smallest absolute Gasteiger partial charge is 0.368 e. The van der Waals surface area contributed by atoms with Gasteiger partial charge in [-0.1, -0.05) is 12.1 Å². The number of amides is 2. The summed E-state index contributed by atoms with van der Waals surface area (Å²) in [7, 11) is 3.92. The molecule has 4 atom stereocenters. The second kappa shape index (κ2) is 6.96. The molecule has 0 radical (unpaired) electrons. The van der Waals surface area contributed by atoms with Crippen LogP contribution in [-0.4, -0.2) is 55.5 Å². The summed E-state index contributed by atoms with van der Waals surface area (Å²) in [6.45, 7) is 5.80. The van der Waals surface area contributed by atoms with Gasteiger partial charge in [-0.15, -0.1) is 0 Å². The second-order valence-corrected chi connectivity index (χ2v) is 7.61. The Morgan fingerprint density at radius 1 is 1.19 bits per heavy atom. The fourth-order valence-corrected chi connectivity index (χ4v) is 4.41. The average Bonchev–Trinajstić information content (AvgIpc) is 3.09. The number of carbonyl (C=O) groups is 3. The normalized spacial score (nSPS) is 29.8. The van der Waals surface area contributed by atoms with Gasteiger partial charge in [0.25, 0.3) is 0 Å². The monoisotopic (exact) mass is 374 g/mol. The Kier molecular flexibility index (Phi) is 4.99. The maximum Gasteiger partial charge on any atom is 0.368 e. The number of nitrogens with two attached hydrogens (primary N) is 1. The summed E-state index contributed by atoms with van der Waals surface area (Å²) in [5.41, 5.74) is 0.871. The highest BCUT2D eigenvalue weighted by atomic mass is 16.5. The van der Waals surface area contributed by atoms with E-state index in [0.717, 1.165) is 11.3 Å². The van der Waals surface area contributed by atoms with Crippen LogP contribution in [0.2, 0.25) is 0 Å². The Balaban J connectivity index is 2.04. The van der Waals surface area contributed by atoms with Gasteiger partial charge in [0.15, 0.2) is 0 Å². The van der Waals surface area contributed by atoms with E-state index < -0.39 is 23.3 Å². The van der Waals surface area contributed by atoms with Gasteiger partial charge in [-0.3, -0.25) is 14.5 Å². The highest BCUT2D eigenvalue weighted by Gasteiger charge is 2.70. The lowest BCUT2D eigenvalue weighted by molar-refractivity contribution is -0.731. The molecule has 0 bridgehead atoms. The predicted octanol–water partition coefficient (Wildman–Crippen LogP) is 0.314. The van der Waals surface area contributed by atoms with Crippen molar-refractivity contribution in [2.24, 2.45) is 11.8 Å². The van der Waals surface area contributed by atoms with Crippen molar-refractivity contribution >= 4 is 23.5 Å². The van der Waals surface area contributed by atoms with Gasteiger partial charge in [-0.05, 0) is 26.0 Å². The van der Waals surface area contributed by atoms with Crippen LogP contribution in [-0.2, 0) is 19.1 Å². The largest absolute Gasteiger partial charge is 0.461 e. The van der Waals surface area contributed by atoms with Gasteiger partial charge in [0, 0.05) is 38.8 Å². The van der Waals surface area contributed by atoms with Gasteiger partial charge in [0.05, 0.1) is 6.61 Å². The molecule has 3 rings (SSSR count). The third-order valence-corrected chi connectivity index (χ3v) is 5.83. The van der Waals surface area contributed by atoms with E-state index >= 15 is 0 Å². The molecule has 2 aliphatic rings. The Labute approximate surface area is 159 Å². The van der Waals surface area contributed by atoms with Crippen LogP contribution in [0, 0.1) is 11.8 Å². The van der Waals surface area contributed by atoms with Crippen molar-refractivity contribution in [3.63, 3.8) is 0 Å². The highest BCUT2D eigenvalue weighted by molar-refractivity contribution is 6.08. The van der Waals surface area contributed by atoms with Gasteiger partial charge in [-0.2, -0.15) is 0 Å². The quantitative estimate of drug-likeness (QED) is 0.593. The number of rotatable bonds is 5. The molecule has 2 heterocycles. The number of quaternary nitrogens is 1. The standard InChI is InChI=1S/C20H27N3O4/c1-6-23-17(24)14-15(18(23)25)20(3,19(26)27-7-2)21-16(14)12-8-10-13(11-9-12)22(4)5/h8-11,14-16,21H,6-7H2,1-5H3/p+1/t14-,15+,16-,20+/m0/s1. The minimum Gasteiger partial charge on any atom is -0.461 e. The molecule has 2 fully saturated rings. The van der Waals surface area contributed by atoms with Gasteiger partial charge in [0.1, 0.15) is 17.9 Å². The zero-order valence-corrected chi connectivity index (χ0v) is 16.6. The van der Waals surface area contributed by atoms with Crippen LogP contribution in [0.25, 0.3) is 0 Å². The molecular weight excluding hydrogens is 346 g/mol. The van der Waals surface area contributed by atoms with Crippen molar-refractivity contribution in [1.82, 2.24) is 4.90 Å². The third kappa shape index (κ3) is 2.90. The minimum atomic E-state index is -1.11. The number of nitrogens with zero attached hydrogens (tertiary/aromatic N) is 2. The maximum absolute atomic E-state index is 13.0. The SMILES string of the molecule is CCOC(=O)[C@]1(C)[NH2+][C@@H](c2ccc(N(C)C)cc2)[C@H]2C(=O)N(CC)C(=O)[C@@H]21. The van der Waals surface area contributed by atoms with E-state index in [2.05, 4.69) is 0 Å². The number of hydrogen-bond donors (Lipinski definition) is 1. The molecule has 7 nitrogen and oxygen atoms in total. The number of likely N-dealkylation sites (tertiary alicyclic amines) is 1. The first-order valence-corrected chi connectivity index (χ1v) is 9.42. The fraction of sp³-hybridized carbons (Fsp3) is 0.550. The van der Waals surface area contributed by atoms with Gasteiger partial charge in [0.2, 0.25) is 17.4 Å². The van der Waals surface area contributed by atoms with E-state index in [0.29, 0.717) is 6.54 Å². The molecule has 0 aromatic heterocycles. The number of imide groups is 1. The summed E-state index contributed by atoms with van der Waals surface area (Å²) >= 11 is 0. The molecule has 1 aromatic carbocycles. The number of carbonyl (C=O) groups excluding carboxylic acids is 3. The first-order valence-electron chi connectivity index (χ1n) is 9.42. The van der Waals surface area contributed by atoms with E-state index in [4.69, 9.17) is 4.74 Å². The van der Waals surface area contributed by atoms with Crippen molar-refractivity contribution in [2.45, 2.75) is 32.4 Å². The molecule has 2 saturated heterocycles. The van der Waals surface area contributed by atoms with Crippen molar-refractivity contribution in [3.8, 4) is 0 Å². The molecule has 7 heteroatoms. The summed E-state index contributed by atoms with van der Waals surface area (Å²) in [5.74, 6) is -2.17. The number of fused-ring (bicyclic) bond motifs is 1. The predicted molar refractivity (Wildman–Crippen MR) is 99.8 cm³/mol. The molecule has 2 aliphatic heterocycles. The van der Waals surface area contributed by atoms with Crippen molar-refractivity contribution in [1.29, 1.82) is 0 Å². The fourth-order valence-electron chi connectivity index (χ4n) is 4.41. The number of esters is 1. The van der Waals surface area contributed by atoms with E-state index in [1.807, 2.05) is 48.6 Å². The summed E-state index contributed by atoms with van der Waals surface area (Å²) < 4.78 is 5.27. The van der Waals surface area contributed by atoms with E-state index in [-0.39, 0.29) is 24.5 Å². The lowest BCUT2D eigenvalue weighted by Gasteiger charge is -2.26. The molecule has 0 unspecified atom stereocenters. The van der Waals surface area contributed by atoms with Crippen LogP contribution < -0.4 is 10.2 Å². The zero-order chi connectivity index (χ0) is 19.9. The van der Waals surface area contributed by atoms with Gasteiger partial charge < -0.3 is 15.0 Å². The number of hydrogen-bond acceptors (Lipinski definition) is 5. The lowest BCUT2D eigenvalue weighted by atomic mass is 9.80. The summed E-state index contributed by atoms with van der Waals surface area (Å²) in [4.78, 5) is 41.9. The maximum atomic E-state index is 13.0. The molecule has 1 aromatic rings. The Morgan fingerprint density at radius 2 is 1.81 bits per heavy atom. The topological polar surface area (TPSA) is 83.5 Å². The summed E-state index contributed by atoms with van der Waals surface area (Å²) in [6, 6.07) is 7.61. The third-order valence-electron chi connectivity index (χ3n) is 5.83. The van der Waals surface area contributed by atoms with E-state index in [9.17, 15) is 14.4 Å². The van der Waals surface area contributed by atoms with Gasteiger partial charge >= 0.3 is 5.97 Å². The number of anilines is 1. The van der Waals surface area contributed by atoms with Crippen LogP contribution in [0.5, 0.6) is 0 Å². The van der Waals surface area contributed by atoms with Crippen LogP contribution in [0.4, 0.5) is 5.69 Å². The summed E-state index contributed by atoms with van der Waals surface area (Å²) in [5, 5.41) is 1.85. The molecule has 0 saturated carbocycles. The molecule has 0 aliphatic carbocycles. The number of benzene rings is 1. The van der Waals surface area contributed by atoms with E-state index in [1.165, 1.54) is 4.90 Å². The van der Waals surface area contributed by atoms with Crippen LogP contribution in [0.1, 0.15) is 32.4 Å². The molecule has 2 amide bonds. The highest BCUT2D eigenvalue weighted by Crippen LogP contribution is 2.44. The molecule has 0 spiro atoms. The lowest BCUT2D eigenvalue weighted by Crippen LogP contribution is -2.97. The van der Waals surface area contributed by atoms with Crippen molar-refractivity contribution in [2.75, 3.05) is 32.1 Å². The molecular formula is C20H28N3O4+. The average molecular weight is 374 g/mol. The molecule has 2 N–H and O–H groups in total. The first-order chi connectivity index (χ1) is 12.8. The van der Waals surface area contributed by atoms with Crippen LogP contribution >= 0.6 is 0 Å². The van der Waals surface area contributed by atoms with Crippen LogP contribution in [0.3, 0.4) is 0 Å². The summed E-state index contributed by atoms with van der Waals surface area (Å²) in [6.07, 6.45) is 0. The first kappa shape index (κ1) is 19.4.